The van der Waals surface area contributed by atoms with Crippen LogP contribution in [0.25, 0.3) is 0 Å². The van der Waals surface area contributed by atoms with E-state index in [9.17, 15) is 0 Å². The van der Waals surface area contributed by atoms with Gasteiger partial charge < -0.3 is 0 Å². The van der Waals surface area contributed by atoms with Crippen LogP contribution in [-0.2, 0) is 0 Å². The van der Waals surface area contributed by atoms with Crippen molar-refractivity contribution in [3.05, 3.63) is 152 Å². The Labute approximate surface area is 205 Å². The highest BCUT2D eigenvalue weighted by Crippen LogP contribution is 2.22. The van der Waals surface area contributed by atoms with Gasteiger partial charge in [0.15, 0.2) is 0 Å². The van der Waals surface area contributed by atoms with Gasteiger partial charge in [-0.2, -0.15) is 0 Å². The van der Waals surface area contributed by atoms with Crippen molar-refractivity contribution >= 4 is 42.1 Å². The molecule has 0 aromatic heterocycles. The summed E-state index contributed by atoms with van der Waals surface area (Å²) < 4.78 is 0. The second kappa shape index (κ2) is 9.80. The summed E-state index contributed by atoms with van der Waals surface area (Å²) in [7, 11) is -4.49. The molecule has 5 rings (SSSR count). The van der Waals surface area contributed by atoms with Crippen LogP contribution in [-0.4, -0.2) is 16.1 Å². The molecule has 0 radical (unpaired) electrons. The minimum Gasteiger partial charge on any atom is -0.0626 e. The second-order valence-electron chi connectivity index (χ2n) is 9.24. The van der Waals surface area contributed by atoms with Crippen LogP contribution in [0.1, 0.15) is 0 Å². The maximum absolute atomic E-state index is 2.58. The summed E-state index contributed by atoms with van der Waals surface area (Å²) in [6, 6.07) is 56.5. The van der Waals surface area contributed by atoms with Crippen LogP contribution in [0.5, 0.6) is 0 Å². The molecule has 0 bridgehead atoms. The zero-order valence-corrected chi connectivity index (χ0v) is 21.6. The van der Waals surface area contributed by atoms with Crippen molar-refractivity contribution in [1.82, 2.24) is 0 Å². The van der Waals surface area contributed by atoms with Crippen LogP contribution in [0.2, 0.25) is 12.2 Å². The van der Waals surface area contributed by atoms with Crippen LogP contribution in [0.4, 0.5) is 0 Å². The van der Waals surface area contributed by atoms with Gasteiger partial charge in [-0.25, -0.2) is 0 Å². The van der Waals surface area contributed by atoms with E-state index in [-0.39, 0.29) is 0 Å². The molecule has 2 heteroatoms. The highest BCUT2D eigenvalue weighted by Gasteiger charge is 2.47. The van der Waals surface area contributed by atoms with E-state index in [1.165, 1.54) is 31.6 Å². The predicted octanol–water partition coefficient (Wildman–Crippen LogP) is 4.59. The molecule has 0 spiro atoms. The van der Waals surface area contributed by atoms with E-state index in [1.807, 2.05) is 0 Å². The second-order valence-corrected chi connectivity index (χ2v) is 18.0. The third kappa shape index (κ3) is 4.11. The lowest BCUT2D eigenvalue weighted by atomic mass is 10.3. The Morgan fingerprint density at radius 1 is 0.353 bits per heavy atom. The normalized spacial score (nSPS) is 11.8. The average Bonchev–Trinajstić information content (AvgIpc) is 2.94. The first kappa shape index (κ1) is 22.3. The molecule has 0 saturated carbocycles. The number of hydrogen-bond acceptors (Lipinski definition) is 0. The monoisotopic (exact) mass is 470 g/mol. The van der Waals surface area contributed by atoms with Gasteiger partial charge in [-0.05, 0) is 21.2 Å². The summed E-state index contributed by atoms with van der Waals surface area (Å²) in [5, 5.41) is 7.45. The van der Waals surface area contributed by atoms with E-state index in [0.717, 1.165) is 0 Å². The van der Waals surface area contributed by atoms with Gasteiger partial charge in [-0.15, -0.1) is 0 Å². The Balaban J connectivity index is 1.83. The lowest BCUT2D eigenvalue weighted by Gasteiger charge is -2.41. The summed E-state index contributed by atoms with van der Waals surface area (Å²) in [5.41, 5.74) is 1.17. The van der Waals surface area contributed by atoms with Crippen molar-refractivity contribution in [2.45, 2.75) is 12.2 Å². The van der Waals surface area contributed by atoms with Gasteiger partial charge in [0.05, 0.1) is 0 Å². The predicted molar refractivity (Wildman–Crippen MR) is 153 cm³/mol. The first-order chi connectivity index (χ1) is 16.7. The van der Waals surface area contributed by atoms with E-state index in [2.05, 4.69) is 158 Å². The minimum absolute atomic E-state index is 1.17. The van der Waals surface area contributed by atoms with Gasteiger partial charge in [0.2, 0.25) is 0 Å². The summed E-state index contributed by atoms with van der Waals surface area (Å²) in [6.07, 6.45) is 0. The van der Waals surface area contributed by atoms with Gasteiger partial charge in [0.25, 0.3) is 0 Å². The Bertz CT molecular complexity index is 1170. The van der Waals surface area contributed by atoms with Crippen molar-refractivity contribution in [2.75, 3.05) is 0 Å². The maximum atomic E-state index is 2.58. The number of hydrogen-bond donors (Lipinski definition) is 0. The van der Waals surface area contributed by atoms with Crippen molar-refractivity contribution in [3.8, 4) is 0 Å². The summed E-state index contributed by atoms with van der Waals surface area (Å²) >= 11 is 0. The Hall–Kier alpha value is -3.47. The van der Waals surface area contributed by atoms with Crippen LogP contribution >= 0.6 is 0 Å². The van der Waals surface area contributed by atoms with Gasteiger partial charge in [-0.1, -0.05) is 169 Å². The van der Waals surface area contributed by atoms with E-state index in [1.54, 1.807) is 0 Å². The van der Waals surface area contributed by atoms with Gasteiger partial charge >= 0.3 is 0 Å². The molecule has 0 saturated heterocycles. The molecule has 0 aliphatic carbocycles. The van der Waals surface area contributed by atoms with Crippen molar-refractivity contribution in [1.29, 1.82) is 0 Å². The minimum atomic E-state index is -2.36. The van der Waals surface area contributed by atoms with Gasteiger partial charge in [0.1, 0.15) is 16.1 Å². The Kier molecular flexibility index (Phi) is 6.44. The molecule has 0 aliphatic rings. The Morgan fingerprint density at radius 3 is 0.853 bits per heavy atom. The van der Waals surface area contributed by atoms with Crippen molar-refractivity contribution in [2.24, 2.45) is 0 Å². The SMILES string of the molecule is C[Si](C[Si](c1ccccc1)(c1ccccc1)c1ccccc1)(c1ccccc1)c1ccccc1. The molecular formula is C32H30Si2. The van der Waals surface area contributed by atoms with Crippen LogP contribution in [0, 0.1) is 0 Å². The molecule has 0 fully saturated rings. The highest BCUT2D eigenvalue weighted by molar-refractivity contribution is 7.22. The van der Waals surface area contributed by atoms with Gasteiger partial charge in [-0.3, -0.25) is 0 Å². The number of rotatable bonds is 7. The van der Waals surface area contributed by atoms with Crippen LogP contribution in [0.3, 0.4) is 0 Å². The molecule has 34 heavy (non-hydrogen) atoms. The molecule has 0 heterocycles. The fourth-order valence-corrected chi connectivity index (χ4v) is 19.3. The molecule has 166 valence electrons. The molecular weight excluding hydrogens is 441 g/mol. The van der Waals surface area contributed by atoms with Crippen LogP contribution < -0.4 is 25.9 Å². The summed E-state index contributed by atoms with van der Waals surface area (Å²) in [4.78, 5) is 0. The quantitative estimate of drug-likeness (QED) is 0.241. The molecule has 0 N–H and O–H groups in total. The standard InChI is InChI=1S/C32H30Si2/c1-33(28-17-7-2-8-18-28,29-19-9-3-10-20-29)27-34(30-21-11-4-12-22-30,31-23-13-5-14-24-31)32-25-15-6-16-26-32/h2-26H,27H2,1H3. The molecule has 0 nitrogen and oxygen atoms in total. The van der Waals surface area contributed by atoms with E-state index in [4.69, 9.17) is 0 Å². The van der Waals surface area contributed by atoms with Crippen LogP contribution in [0.15, 0.2) is 152 Å². The topological polar surface area (TPSA) is 0 Å². The van der Waals surface area contributed by atoms with E-state index >= 15 is 0 Å². The highest BCUT2D eigenvalue weighted by atomic mass is 28.4. The fraction of sp³-hybridized carbons (Fsp3) is 0.0625. The molecule has 5 aromatic rings. The van der Waals surface area contributed by atoms with Gasteiger partial charge in [0, 0.05) is 0 Å². The number of benzene rings is 5. The first-order valence-corrected chi connectivity index (χ1v) is 16.9. The molecule has 0 unspecified atom stereocenters. The zero-order valence-electron chi connectivity index (χ0n) is 19.6. The Morgan fingerprint density at radius 2 is 0.588 bits per heavy atom. The molecule has 0 aliphatic heterocycles. The maximum Gasteiger partial charge on any atom is 0.146 e. The van der Waals surface area contributed by atoms with Crippen molar-refractivity contribution < 1.29 is 0 Å². The molecule has 0 atom stereocenters. The summed E-state index contributed by atoms with van der Waals surface area (Å²) in [5.74, 6) is 0. The van der Waals surface area contributed by atoms with E-state index < -0.39 is 16.1 Å². The lowest BCUT2D eigenvalue weighted by molar-refractivity contribution is 1.57. The fourth-order valence-electron chi connectivity index (χ4n) is 5.49. The van der Waals surface area contributed by atoms with Crippen molar-refractivity contribution in [3.63, 3.8) is 0 Å². The van der Waals surface area contributed by atoms with E-state index in [0.29, 0.717) is 0 Å². The molecule has 5 aromatic carbocycles. The smallest absolute Gasteiger partial charge is 0.0626 e. The summed E-state index contributed by atoms with van der Waals surface area (Å²) in [6.45, 7) is 2.58. The first-order valence-electron chi connectivity index (χ1n) is 12.0. The molecule has 0 amide bonds. The third-order valence-electron chi connectivity index (χ3n) is 7.24. The zero-order chi connectivity index (χ0) is 23.3. The largest absolute Gasteiger partial charge is 0.146 e. The third-order valence-corrected chi connectivity index (χ3v) is 19.4. The lowest BCUT2D eigenvalue weighted by Crippen LogP contribution is -2.73. The average molecular weight is 471 g/mol.